The predicted molar refractivity (Wildman–Crippen MR) is 108 cm³/mol. The van der Waals surface area contributed by atoms with Crippen molar-refractivity contribution in [2.24, 2.45) is 0 Å². The average molecular weight is 465 g/mol. The van der Waals surface area contributed by atoms with Gasteiger partial charge in [0.2, 0.25) is 0 Å². The molecule has 0 saturated heterocycles. The molecule has 0 aliphatic carbocycles. The smallest absolute Gasteiger partial charge is 0.416 e. The van der Waals surface area contributed by atoms with Crippen LogP contribution in [-0.2, 0) is 15.6 Å². The van der Waals surface area contributed by atoms with E-state index in [0.29, 0.717) is 6.07 Å². The van der Waals surface area contributed by atoms with Gasteiger partial charge in [-0.05, 0) is 24.3 Å². The number of hydrogen-bond acceptors (Lipinski definition) is 5. The van der Waals surface area contributed by atoms with Gasteiger partial charge in [0.15, 0.2) is 13.6 Å². The summed E-state index contributed by atoms with van der Waals surface area (Å²) >= 11 is 5.89. The molecule has 0 aliphatic rings. The molecule has 0 fully saturated rings. The van der Waals surface area contributed by atoms with Crippen molar-refractivity contribution in [2.75, 3.05) is 17.6 Å². The summed E-state index contributed by atoms with van der Waals surface area (Å²) in [5, 5.41) is 11.1. The summed E-state index contributed by atoms with van der Waals surface area (Å²) in [6.07, 6.45) is -3.01. The van der Waals surface area contributed by atoms with Gasteiger partial charge in [-0.15, -0.1) is 6.58 Å². The lowest BCUT2D eigenvalue weighted by Gasteiger charge is -2.22. The second-order valence-electron chi connectivity index (χ2n) is 5.78. The van der Waals surface area contributed by atoms with Crippen LogP contribution in [0.5, 0.6) is 11.5 Å². The van der Waals surface area contributed by atoms with Crippen LogP contribution in [0.15, 0.2) is 49.1 Å². The third-order valence-corrected chi connectivity index (χ3v) is 5.42. The molecule has 162 valence electrons. The fourth-order valence-electron chi connectivity index (χ4n) is 2.32. The summed E-state index contributed by atoms with van der Waals surface area (Å²) in [5.74, 6) is -0.0680. The number of benzene rings is 2. The molecule has 12 heteroatoms. The second-order valence-corrected chi connectivity index (χ2v) is 8.09. The molecule has 0 radical (unpaired) electrons. The van der Waals surface area contributed by atoms with Gasteiger partial charge in [0.05, 0.1) is 22.1 Å². The van der Waals surface area contributed by atoms with E-state index >= 15 is 0 Å². The number of hydrogen-bond donors (Lipinski definition) is 0. The van der Waals surface area contributed by atoms with Crippen LogP contribution < -0.4 is 9.57 Å². The Morgan fingerprint density at radius 3 is 2.53 bits per heavy atom. The number of nitro benzene ring substituents is 1. The topological polar surface area (TPSA) is 81.9 Å². The Bertz CT molecular complexity index is 971. The van der Waals surface area contributed by atoms with E-state index in [1.165, 1.54) is 18.2 Å². The Morgan fingerprint density at radius 1 is 1.30 bits per heavy atom. The van der Waals surface area contributed by atoms with Crippen molar-refractivity contribution >= 4 is 30.9 Å². The first-order chi connectivity index (χ1) is 14.1. The van der Waals surface area contributed by atoms with Crippen molar-refractivity contribution in [1.29, 1.82) is 0 Å². The maximum Gasteiger partial charge on any atom is 0.416 e. The molecule has 0 bridgehead atoms. The number of halogens is 4. The van der Waals surface area contributed by atoms with Gasteiger partial charge in [-0.25, -0.2) is 0 Å². The quantitative estimate of drug-likeness (QED) is 0.183. The van der Waals surface area contributed by atoms with E-state index in [2.05, 4.69) is 6.58 Å². The van der Waals surface area contributed by atoms with Crippen LogP contribution in [0, 0.1) is 10.1 Å². The fraction of sp³-hybridized carbons (Fsp3) is 0.222. The first-order valence-electron chi connectivity index (χ1n) is 8.48. The summed E-state index contributed by atoms with van der Waals surface area (Å²) in [6.45, 7) is 5.05. The third kappa shape index (κ3) is 5.75. The lowest BCUT2D eigenvalue weighted by atomic mass is 10.2. The summed E-state index contributed by atoms with van der Waals surface area (Å²) in [4.78, 5) is 17.0. The van der Waals surface area contributed by atoms with E-state index in [1.807, 2.05) is 0 Å². The van der Waals surface area contributed by atoms with Gasteiger partial charge in [-0.2, -0.15) is 18.0 Å². The number of rotatable bonds is 9. The zero-order chi connectivity index (χ0) is 22.5. The van der Waals surface area contributed by atoms with Crippen molar-refractivity contribution < 1.29 is 32.2 Å². The monoisotopic (exact) mass is 464 g/mol. The molecule has 0 aliphatic heterocycles. The molecule has 1 unspecified atom stereocenters. The van der Waals surface area contributed by atoms with Crippen LogP contribution in [0.3, 0.4) is 0 Å². The molecule has 7 nitrogen and oxygen atoms in total. The molecule has 0 heterocycles. The van der Waals surface area contributed by atoms with E-state index in [1.54, 1.807) is 6.92 Å². The number of nitrogens with zero attached hydrogens (tertiary/aromatic N) is 2. The molecule has 0 saturated carbocycles. The molecule has 30 heavy (non-hydrogen) atoms. The van der Waals surface area contributed by atoms with E-state index in [4.69, 9.17) is 21.2 Å². The molecule has 0 amide bonds. The Hall–Kier alpha value is -2.55. The van der Waals surface area contributed by atoms with Crippen LogP contribution in [0.4, 0.5) is 24.5 Å². The van der Waals surface area contributed by atoms with Crippen LogP contribution in [-0.4, -0.2) is 17.7 Å². The van der Waals surface area contributed by atoms with Crippen molar-refractivity contribution in [3.8, 4) is 11.5 Å². The predicted octanol–water partition coefficient (Wildman–Crippen LogP) is 6.48. The van der Waals surface area contributed by atoms with Gasteiger partial charge in [0.1, 0.15) is 11.5 Å². The number of anilines is 1. The Morgan fingerprint density at radius 2 is 2.00 bits per heavy atom. The summed E-state index contributed by atoms with van der Waals surface area (Å²) < 4.78 is 56.3. The number of ether oxygens (including phenoxy) is 1. The first kappa shape index (κ1) is 23.7. The Balaban J connectivity index is 2.45. The normalized spacial score (nSPS) is 12.3. The zero-order valence-electron chi connectivity index (χ0n) is 15.6. The highest BCUT2D eigenvalue weighted by Gasteiger charge is 2.31. The van der Waals surface area contributed by atoms with Crippen LogP contribution in [0.2, 0.25) is 5.02 Å². The minimum Gasteiger partial charge on any atom is -0.456 e. The lowest BCUT2D eigenvalue weighted by Crippen LogP contribution is -2.17. The molecule has 0 N–H and O–H groups in total. The van der Waals surface area contributed by atoms with Crippen molar-refractivity contribution in [2.45, 2.75) is 13.1 Å². The zero-order valence-corrected chi connectivity index (χ0v) is 17.4. The molecule has 2 aromatic rings. The Kier molecular flexibility index (Phi) is 7.89. The van der Waals surface area contributed by atoms with E-state index in [-0.39, 0.29) is 35.0 Å². The van der Waals surface area contributed by atoms with E-state index in [9.17, 15) is 27.9 Å². The van der Waals surface area contributed by atoms with Gasteiger partial charge in [-0.1, -0.05) is 24.6 Å². The number of alkyl halides is 3. The molecule has 2 aromatic carbocycles. The molecule has 0 spiro atoms. The minimum atomic E-state index is -4.57. The van der Waals surface area contributed by atoms with E-state index in [0.717, 1.165) is 23.0 Å². The summed E-state index contributed by atoms with van der Waals surface area (Å²) in [6, 6.07) is 6.09. The highest BCUT2D eigenvalue weighted by Crippen LogP contribution is 2.43. The second kappa shape index (κ2) is 9.97. The van der Waals surface area contributed by atoms with Crippen LogP contribution >= 0.6 is 19.6 Å². The summed E-state index contributed by atoms with van der Waals surface area (Å²) in [5.41, 5.74) is -1.47. The maximum absolute atomic E-state index is 12.8. The van der Waals surface area contributed by atoms with E-state index < -0.39 is 30.3 Å². The third-order valence-electron chi connectivity index (χ3n) is 3.70. The first-order valence-corrected chi connectivity index (χ1v) is 10.4. The van der Waals surface area contributed by atoms with Gasteiger partial charge >= 0.3 is 6.18 Å². The molecule has 1 atom stereocenters. The SMILES string of the molecule is C=CCON(c1cc(Oc2ccc(C(F)(F)F)cc2Cl)ccc1[N+](=O)[O-])[PH](=O)CC. The van der Waals surface area contributed by atoms with Gasteiger partial charge in [0, 0.05) is 18.3 Å². The lowest BCUT2D eigenvalue weighted by molar-refractivity contribution is -0.384. The fourth-order valence-corrected chi connectivity index (χ4v) is 3.49. The molecular formula is C18H17ClF3N2O5P. The van der Waals surface area contributed by atoms with Gasteiger partial charge < -0.3 is 9.30 Å². The highest BCUT2D eigenvalue weighted by atomic mass is 35.5. The standard InChI is InChI=1S/C18H17ClF3N2O5P/c1-3-9-28-24(30(27)4-2)16-11-13(6-7-15(16)23(25)26)29-17-8-5-12(10-14(17)19)18(20,21)22/h3,5-8,10-11,30H,1,4,9H2,2H3. The molecule has 0 aromatic heterocycles. The van der Waals surface area contributed by atoms with Crippen molar-refractivity contribution in [3.63, 3.8) is 0 Å². The van der Waals surface area contributed by atoms with Crippen LogP contribution in [0.25, 0.3) is 0 Å². The molecule has 2 rings (SSSR count). The molecular weight excluding hydrogens is 448 g/mol. The van der Waals surface area contributed by atoms with Crippen LogP contribution in [0.1, 0.15) is 12.5 Å². The maximum atomic E-state index is 12.8. The van der Waals surface area contributed by atoms with Gasteiger partial charge in [0.25, 0.3) is 5.69 Å². The number of nitro groups is 1. The minimum absolute atomic E-state index is 0.0235. The van der Waals surface area contributed by atoms with Crippen molar-refractivity contribution in [3.05, 3.63) is 69.8 Å². The van der Waals surface area contributed by atoms with Gasteiger partial charge in [-0.3, -0.25) is 15.0 Å². The highest BCUT2D eigenvalue weighted by molar-refractivity contribution is 7.46. The average Bonchev–Trinajstić information content (AvgIpc) is 2.68. The van der Waals surface area contributed by atoms with Crippen molar-refractivity contribution in [1.82, 2.24) is 0 Å². The largest absolute Gasteiger partial charge is 0.456 e. The Labute approximate surface area is 175 Å². The summed E-state index contributed by atoms with van der Waals surface area (Å²) in [7, 11) is -2.56.